The smallest absolute Gasteiger partial charge is 0.171 e. The van der Waals surface area contributed by atoms with Gasteiger partial charge in [-0.3, -0.25) is 0 Å². The monoisotopic (exact) mass is 244 g/mol. The van der Waals surface area contributed by atoms with E-state index >= 15 is 0 Å². The second-order valence-electron chi connectivity index (χ2n) is 4.50. The standard InChI is InChI=1S/C13H16N4O/c14-10-4-3-5-11(8-10)18-9-13-16-15-12-6-1-2-7-17(12)13/h3-5,8H,1-2,6-7,9,14H2. The molecule has 2 aromatic rings. The van der Waals surface area contributed by atoms with Crippen molar-refractivity contribution in [1.82, 2.24) is 14.8 Å². The Morgan fingerprint density at radius 2 is 2.22 bits per heavy atom. The van der Waals surface area contributed by atoms with Crippen molar-refractivity contribution in [3.8, 4) is 5.75 Å². The molecule has 1 aromatic carbocycles. The van der Waals surface area contributed by atoms with Gasteiger partial charge in [-0.1, -0.05) is 6.07 Å². The average Bonchev–Trinajstić information content (AvgIpc) is 2.80. The van der Waals surface area contributed by atoms with Crippen LogP contribution in [0.1, 0.15) is 24.5 Å². The van der Waals surface area contributed by atoms with E-state index in [1.165, 1.54) is 12.8 Å². The molecule has 0 fully saturated rings. The molecule has 2 N–H and O–H groups in total. The summed E-state index contributed by atoms with van der Waals surface area (Å²) < 4.78 is 7.86. The fraction of sp³-hybridized carbons (Fsp3) is 0.385. The zero-order chi connectivity index (χ0) is 12.4. The maximum absolute atomic E-state index is 5.71. The van der Waals surface area contributed by atoms with Crippen LogP contribution in [0.4, 0.5) is 5.69 Å². The molecule has 3 rings (SSSR count). The van der Waals surface area contributed by atoms with E-state index in [9.17, 15) is 0 Å². The first-order chi connectivity index (χ1) is 8.83. The molecule has 0 radical (unpaired) electrons. The molecule has 2 heterocycles. The van der Waals surface area contributed by atoms with Crippen molar-refractivity contribution in [3.63, 3.8) is 0 Å². The van der Waals surface area contributed by atoms with E-state index in [0.717, 1.165) is 30.4 Å². The molecule has 0 spiro atoms. The summed E-state index contributed by atoms with van der Waals surface area (Å²) in [6.07, 6.45) is 3.41. The zero-order valence-corrected chi connectivity index (χ0v) is 10.2. The molecule has 0 bridgehead atoms. The van der Waals surface area contributed by atoms with E-state index in [-0.39, 0.29) is 0 Å². The lowest BCUT2D eigenvalue weighted by Gasteiger charge is -2.14. The van der Waals surface area contributed by atoms with E-state index in [1.54, 1.807) is 0 Å². The Morgan fingerprint density at radius 1 is 1.28 bits per heavy atom. The highest BCUT2D eigenvalue weighted by atomic mass is 16.5. The highest BCUT2D eigenvalue weighted by Crippen LogP contribution is 2.18. The van der Waals surface area contributed by atoms with Crippen molar-refractivity contribution < 1.29 is 4.74 Å². The number of rotatable bonds is 3. The predicted molar refractivity (Wildman–Crippen MR) is 68.1 cm³/mol. The first-order valence-electron chi connectivity index (χ1n) is 6.22. The van der Waals surface area contributed by atoms with Gasteiger partial charge >= 0.3 is 0 Å². The summed E-state index contributed by atoms with van der Waals surface area (Å²) in [6, 6.07) is 7.42. The third-order valence-electron chi connectivity index (χ3n) is 3.16. The molecule has 18 heavy (non-hydrogen) atoms. The van der Waals surface area contributed by atoms with Crippen LogP contribution in [-0.4, -0.2) is 14.8 Å². The molecular formula is C13H16N4O. The first-order valence-corrected chi connectivity index (χ1v) is 6.22. The normalized spacial score (nSPS) is 14.2. The molecule has 0 saturated carbocycles. The number of hydrogen-bond donors (Lipinski definition) is 1. The molecule has 0 atom stereocenters. The van der Waals surface area contributed by atoms with Crippen LogP contribution < -0.4 is 10.5 Å². The van der Waals surface area contributed by atoms with Gasteiger partial charge < -0.3 is 15.0 Å². The van der Waals surface area contributed by atoms with Crippen molar-refractivity contribution in [2.75, 3.05) is 5.73 Å². The number of anilines is 1. The Labute approximate surface area is 106 Å². The fourth-order valence-corrected chi connectivity index (χ4v) is 2.23. The number of aromatic nitrogens is 3. The summed E-state index contributed by atoms with van der Waals surface area (Å²) in [5, 5.41) is 8.39. The quantitative estimate of drug-likeness (QED) is 0.836. The van der Waals surface area contributed by atoms with E-state index < -0.39 is 0 Å². The predicted octanol–water partition coefficient (Wildman–Crippen LogP) is 1.78. The molecule has 5 nitrogen and oxygen atoms in total. The van der Waals surface area contributed by atoms with Gasteiger partial charge in [0.25, 0.3) is 0 Å². The maximum atomic E-state index is 5.71. The van der Waals surface area contributed by atoms with Crippen molar-refractivity contribution in [2.24, 2.45) is 0 Å². The number of nitrogens with zero attached hydrogens (tertiary/aromatic N) is 3. The Balaban J connectivity index is 1.72. The molecule has 94 valence electrons. The molecule has 0 amide bonds. The van der Waals surface area contributed by atoms with Crippen molar-refractivity contribution in [3.05, 3.63) is 35.9 Å². The van der Waals surface area contributed by atoms with Crippen molar-refractivity contribution in [2.45, 2.75) is 32.4 Å². The van der Waals surface area contributed by atoms with Gasteiger partial charge in [0, 0.05) is 24.7 Å². The number of hydrogen-bond acceptors (Lipinski definition) is 4. The Bertz CT molecular complexity index is 550. The maximum Gasteiger partial charge on any atom is 0.171 e. The number of ether oxygens (including phenoxy) is 1. The Kier molecular flexibility index (Phi) is 2.88. The van der Waals surface area contributed by atoms with Gasteiger partial charge in [-0.05, 0) is 25.0 Å². The largest absolute Gasteiger partial charge is 0.486 e. The fourth-order valence-electron chi connectivity index (χ4n) is 2.23. The minimum Gasteiger partial charge on any atom is -0.486 e. The van der Waals surface area contributed by atoms with E-state index in [4.69, 9.17) is 10.5 Å². The van der Waals surface area contributed by atoms with Crippen LogP contribution in [-0.2, 0) is 19.6 Å². The number of benzene rings is 1. The van der Waals surface area contributed by atoms with Gasteiger partial charge in [0.15, 0.2) is 5.82 Å². The van der Waals surface area contributed by atoms with Gasteiger partial charge in [-0.2, -0.15) is 0 Å². The molecule has 5 heteroatoms. The van der Waals surface area contributed by atoms with Crippen LogP contribution in [0.15, 0.2) is 24.3 Å². The van der Waals surface area contributed by atoms with E-state index in [1.807, 2.05) is 24.3 Å². The van der Waals surface area contributed by atoms with Crippen LogP contribution in [0.5, 0.6) is 5.75 Å². The first kappa shape index (κ1) is 11.1. The summed E-state index contributed by atoms with van der Waals surface area (Å²) in [7, 11) is 0. The molecule has 0 saturated heterocycles. The van der Waals surface area contributed by atoms with Gasteiger partial charge in [0.1, 0.15) is 18.2 Å². The number of nitrogen functional groups attached to an aromatic ring is 1. The zero-order valence-electron chi connectivity index (χ0n) is 10.2. The lowest BCUT2D eigenvalue weighted by Crippen LogP contribution is -2.14. The highest BCUT2D eigenvalue weighted by Gasteiger charge is 2.15. The third-order valence-corrected chi connectivity index (χ3v) is 3.16. The molecule has 0 aliphatic carbocycles. The lowest BCUT2D eigenvalue weighted by molar-refractivity contribution is 0.286. The summed E-state index contributed by atoms with van der Waals surface area (Å²) in [6.45, 7) is 1.44. The summed E-state index contributed by atoms with van der Waals surface area (Å²) in [4.78, 5) is 0. The second kappa shape index (κ2) is 4.68. The Morgan fingerprint density at radius 3 is 3.11 bits per heavy atom. The molecule has 1 aromatic heterocycles. The molecule has 1 aliphatic rings. The Hall–Kier alpha value is -2.04. The molecular weight excluding hydrogens is 228 g/mol. The van der Waals surface area contributed by atoms with E-state index in [0.29, 0.717) is 12.3 Å². The van der Waals surface area contributed by atoms with Crippen LogP contribution in [0, 0.1) is 0 Å². The summed E-state index contributed by atoms with van der Waals surface area (Å²) in [5.41, 5.74) is 6.41. The summed E-state index contributed by atoms with van der Waals surface area (Å²) >= 11 is 0. The van der Waals surface area contributed by atoms with Gasteiger partial charge in [0.05, 0.1) is 0 Å². The van der Waals surface area contributed by atoms with Crippen LogP contribution >= 0.6 is 0 Å². The number of aryl methyl sites for hydroxylation is 1. The minimum absolute atomic E-state index is 0.441. The van der Waals surface area contributed by atoms with Crippen LogP contribution in [0.3, 0.4) is 0 Å². The molecule has 0 unspecified atom stereocenters. The lowest BCUT2D eigenvalue weighted by atomic mass is 10.2. The van der Waals surface area contributed by atoms with Crippen LogP contribution in [0.2, 0.25) is 0 Å². The number of nitrogens with two attached hydrogens (primary N) is 1. The highest BCUT2D eigenvalue weighted by molar-refractivity contribution is 5.43. The topological polar surface area (TPSA) is 66.0 Å². The van der Waals surface area contributed by atoms with Gasteiger partial charge in [-0.25, -0.2) is 0 Å². The number of fused-ring (bicyclic) bond motifs is 1. The van der Waals surface area contributed by atoms with Crippen molar-refractivity contribution in [1.29, 1.82) is 0 Å². The van der Waals surface area contributed by atoms with E-state index in [2.05, 4.69) is 14.8 Å². The average molecular weight is 244 g/mol. The SMILES string of the molecule is Nc1cccc(OCc2nnc3n2CCCC3)c1. The third kappa shape index (κ3) is 2.16. The van der Waals surface area contributed by atoms with Gasteiger partial charge in [0.2, 0.25) is 0 Å². The minimum atomic E-state index is 0.441. The van der Waals surface area contributed by atoms with Gasteiger partial charge in [-0.15, -0.1) is 10.2 Å². The molecule has 1 aliphatic heterocycles. The van der Waals surface area contributed by atoms with Crippen LogP contribution in [0.25, 0.3) is 0 Å². The van der Waals surface area contributed by atoms with Crippen molar-refractivity contribution >= 4 is 5.69 Å². The summed E-state index contributed by atoms with van der Waals surface area (Å²) in [5.74, 6) is 2.74. The second-order valence-corrected chi connectivity index (χ2v) is 4.50.